The van der Waals surface area contributed by atoms with Gasteiger partial charge >= 0.3 is 5.97 Å². The Kier molecular flexibility index (Phi) is 5.42. The molecule has 1 unspecified atom stereocenters. The highest BCUT2D eigenvalue weighted by Crippen LogP contribution is 2.32. The van der Waals surface area contributed by atoms with E-state index in [4.69, 9.17) is 9.15 Å². The lowest BCUT2D eigenvalue weighted by Crippen LogP contribution is -2.13. The lowest BCUT2D eigenvalue weighted by molar-refractivity contribution is 0.0602. The summed E-state index contributed by atoms with van der Waals surface area (Å²) in [5.41, 5.74) is 3.38. The molecule has 5 nitrogen and oxygen atoms in total. The molecule has 1 atom stereocenters. The number of aryl methyl sites for hydroxylation is 1. The van der Waals surface area contributed by atoms with Crippen LogP contribution < -0.4 is 10.7 Å². The molecular formula is C24H21NO4S. The van der Waals surface area contributed by atoms with Gasteiger partial charge in [-0.05, 0) is 49.1 Å². The minimum absolute atomic E-state index is 0.0771. The molecule has 4 aromatic rings. The van der Waals surface area contributed by atoms with Crippen molar-refractivity contribution in [3.63, 3.8) is 0 Å². The second-order valence-corrected chi connectivity index (χ2v) is 8.03. The fourth-order valence-corrected chi connectivity index (χ4v) is 4.18. The molecule has 30 heavy (non-hydrogen) atoms. The van der Waals surface area contributed by atoms with Crippen LogP contribution in [0.2, 0.25) is 0 Å². The molecule has 0 aliphatic carbocycles. The van der Waals surface area contributed by atoms with Gasteiger partial charge in [-0.1, -0.05) is 24.3 Å². The number of hydrogen-bond donors (Lipinski definition) is 1. The van der Waals surface area contributed by atoms with E-state index in [0.29, 0.717) is 28.0 Å². The zero-order chi connectivity index (χ0) is 21.3. The van der Waals surface area contributed by atoms with Crippen molar-refractivity contribution >= 4 is 34.0 Å². The Bertz CT molecular complexity index is 1270. The number of carbonyl (C=O) groups excluding carboxylic acids is 1. The summed E-state index contributed by atoms with van der Waals surface area (Å²) in [6.45, 7) is 3.92. The van der Waals surface area contributed by atoms with Crippen LogP contribution in [0.5, 0.6) is 0 Å². The minimum Gasteiger partial charge on any atom is -0.465 e. The number of ether oxygens (including phenoxy) is 1. The molecule has 0 saturated carbocycles. The first-order valence-electron chi connectivity index (χ1n) is 9.54. The predicted molar refractivity (Wildman–Crippen MR) is 120 cm³/mol. The molecule has 152 valence electrons. The highest BCUT2D eigenvalue weighted by Gasteiger charge is 2.19. The molecule has 0 saturated heterocycles. The smallest absolute Gasteiger partial charge is 0.339 e. The molecule has 2 heterocycles. The van der Waals surface area contributed by atoms with Gasteiger partial charge in [-0.3, -0.25) is 4.79 Å². The Morgan fingerprint density at radius 3 is 2.67 bits per heavy atom. The number of carbonyl (C=O) groups is 1. The van der Waals surface area contributed by atoms with Gasteiger partial charge in [0.1, 0.15) is 11.3 Å². The SMILES string of the molecule is COC(=O)c1ccccc1NC(C)c1cc(C)cc2c(=O)cc(-c3cccs3)oc12. The third-order valence-electron chi connectivity index (χ3n) is 4.94. The summed E-state index contributed by atoms with van der Waals surface area (Å²) >= 11 is 1.52. The van der Waals surface area contributed by atoms with Crippen LogP contribution in [-0.2, 0) is 4.74 Å². The van der Waals surface area contributed by atoms with Crippen molar-refractivity contribution < 1.29 is 13.9 Å². The highest BCUT2D eigenvalue weighted by atomic mass is 32.1. The summed E-state index contributed by atoms with van der Waals surface area (Å²) in [7, 11) is 1.36. The van der Waals surface area contributed by atoms with E-state index in [1.165, 1.54) is 18.4 Å². The summed E-state index contributed by atoms with van der Waals surface area (Å²) in [5.74, 6) is 0.140. The molecular weight excluding hydrogens is 398 g/mol. The van der Waals surface area contributed by atoms with Crippen LogP contribution >= 0.6 is 11.3 Å². The summed E-state index contributed by atoms with van der Waals surface area (Å²) < 4.78 is 11.1. The zero-order valence-electron chi connectivity index (χ0n) is 16.9. The van der Waals surface area contributed by atoms with Gasteiger partial charge in [0, 0.05) is 17.3 Å². The lowest BCUT2D eigenvalue weighted by Gasteiger charge is -2.19. The average molecular weight is 420 g/mol. The van der Waals surface area contributed by atoms with Crippen LogP contribution in [0, 0.1) is 6.92 Å². The lowest BCUT2D eigenvalue weighted by atomic mass is 10.0. The quantitative estimate of drug-likeness (QED) is 0.415. The second kappa shape index (κ2) is 8.16. The number of esters is 1. The maximum Gasteiger partial charge on any atom is 0.339 e. The molecule has 2 aromatic carbocycles. The number of benzene rings is 2. The van der Waals surface area contributed by atoms with E-state index in [-0.39, 0.29) is 11.5 Å². The van der Waals surface area contributed by atoms with Crippen LogP contribution in [0.25, 0.3) is 21.6 Å². The van der Waals surface area contributed by atoms with E-state index >= 15 is 0 Å². The summed E-state index contributed by atoms with van der Waals surface area (Å²) in [5, 5.41) is 5.86. The molecule has 4 rings (SSSR count). The number of rotatable bonds is 5. The third kappa shape index (κ3) is 3.74. The molecule has 0 spiro atoms. The maximum absolute atomic E-state index is 12.8. The van der Waals surface area contributed by atoms with E-state index in [1.54, 1.807) is 18.2 Å². The van der Waals surface area contributed by atoms with E-state index in [1.807, 2.05) is 55.6 Å². The van der Waals surface area contributed by atoms with Crippen LogP contribution in [0.4, 0.5) is 5.69 Å². The summed E-state index contributed by atoms with van der Waals surface area (Å²) in [6.07, 6.45) is 0. The van der Waals surface area contributed by atoms with Gasteiger partial charge in [0.15, 0.2) is 5.43 Å². The fraction of sp³-hybridized carbons (Fsp3) is 0.167. The number of para-hydroxylation sites is 1. The summed E-state index contributed by atoms with van der Waals surface area (Å²) in [6, 6.07) is 16.2. The predicted octanol–water partition coefficient (Wildman–Crippen LogP) is 5.79. The molecule has 0 fully saturated rings. The number of thiophene rings is 1. The Balaban J connectivity index is 1.82. The number of anilines is 1. The Hall–Kier alpha value is -3.38. The molecule has 1 N–H and O–H groups in total. The van der Waals surface area contributed by atoms with E-state index in [2.05, 4.69) is 5.32 Å². The van der Waals surface area contributed by atoms with Gasteiger partial charge in [0.25, 0.3) is 0 Å². The van der Waals surface area contributed by atoms with Gasteiger partial charge in [0.05, 0.1) is 29.0 Å². The van der Waals surface area contributed by atoms with Crippen molar-refractivity contribution in [2.24, 2.45) is 0 Å². The molecule has 0 aliphatic heterocycles. The van der Waals surface area contributed by atoms with Crippen molar-refractivity contribution in [1.82, 2.24) is 0 Å². The first-order valence-corrected chi connectivity index (χ1v) is 10.4. The van der Waals surface area contributed by atoms with Crippen molar-refractivity contribution in [1.29, 1.82) is 0 Å². The maximum atomic E-state index is 12.8. The highest BCUT2D eigenvalue weighted by molar-refractivity contribution is 7.13. The number of methoxy groups -OCH3 is 1. The van der Waals surface area contributed by atoms with Crippen molar-refractivity contribution in [2.75, 3.05) is 12.4 Å². The second-order valence-electron chi connectivity index (χ2n) is 7.09. The van der Waals surface area contributed by atoms with Gasteiger partial charge in [-0.15, -0.1) is 11.3 Å². The third-order valence-corrected chi connectivity index (χ3v) is 5.82. The molecule has 0 aliphatic rings. The molecule has 0 bridgehead atoms. The van der Waals surface area contributed by atoms with Crippen molar-refractivity contribution in [3.05, 3.63) is 86.9 Å². The van der Waals surface area contributed by atoms with E-state index in [0.717, 1.165) is 16.0 Å². The largest absolute Gasteiger partial charge is 0.465 e. The first kappa shape index (κ1) is 19.9. The average Bonchev–Trinajstić information content (AvgIpc) is 3.28. The van der Waals surface area contributed by atoms with Crippen LogP contribution in [0.3, 0.4) is 0 Å². The Labute approximate surface area is 177 Å². The molecule has 6 heteroatoms. The van der Waals surface area contributed by atoms with E-state index < -0.39 is 5.97 Å². The number of nitrogens with one attached hydrogen (secondary N) is 1. The topological polar surface area (TPSA) is 68.5 Å². The Morgan fingerprint density at radius 1 is 1.13 bits per heavy atom. The fourth-order valence-electron chi connectivity index (χ4n) is 3.50. The van der Waals surface area contributed by atoms with Crippen LogP contribution in [0.1, 0.15) is 34.5 Å². The number of hydrogen-bond acceptors (Lipinski definition) is 6. The van der Waals surface area contributed by atoms with Gasteiger partial charge in [-0.25, -0.2) is 4.79 Å². The monoisotopic (exact) mass is 419 g/mol. The Morgan fingerprint density at radius 2 is 1.93 bits per heavy atom. The normalized spacial score (nSPS) is 12.0. The van der Waals surface area contributed by atoms with Gasteiger partial charge in [0.2, 0.25) is 0 Å². The van der Waals surface area contributed by atoms with Crippen molar-refractivity contribution in [3.8, 4) is 10.6 Å². The number of fused-ring (bicyclic) bond motifs is 1. The first-order chi connectivity index (χ1) is 14.5. The molecule has 0 amide bonds. The summed E-state index contributed by atoms with van der Waals surface area (Å²) in [4.78, 5) is 25.8. The minimum atomic E-state index is -0.411. The zero-order valence-corrected chi connectivity index (χ0v) is 17.7. The van der Waals surface area contributed by atoms with Crippen molar-refractivity contribution in [2.45, 2.75) is 19.9 Å². The molecule has 2 aromatic heterocycles. The standard InChI is InChI=1S/C24H21NO4S/c1-14-11-17(15(2)25-19-8-5-4-7-16(19)24(27)28-3)23-18(12-14)20(26)13-21(29-23)22-9-6-10-30-22/h4-13,15,25H,1-3H3. The van der Waals surface area contributed by atoms with Crippen LogP contribution in [-0.4, -0.2) is 13.1 Å². The molecule has 0 radical (unpaired) electrons. The van der Waals surface area contributed by atoms with Gasteiger partial charge in [-0.2, -0.15) is 0 Å². The van der Waals surface area contributed by atoms with Crippen LogP contribution in [0.15, 0.2) is 69.2 Å². The van der Waals surface area contributed by atoms with E-state index in [9.17, 15) is 9.59 Å². The van der Waals surface area contributed by atoms with Gasteiger partial charge < -0.3 is 14.5 Å².